The lowest BCUT2D eigenvalue weighted by molar-refractivity contribution is -0.160. The van der Waals surface area contributed by atoms with Gasteiger partial charge in [0.15, 0.2) is 0 Å². The van der Waals surface area contributed by atoms with E-state index < -0.39 is 5.60 Å². The van der Waals surface area contributed by atoms with Gasteiger partial charge in [0.1, 0.15) is 5.60 Å². The summed E-state index contributed by atoms with van der Waals surface area (Å²) in [6, 6.07) is 0.749. The fraction of sp³-hybridized carbons (Fsp3) is 0.944. The van der Waals surface area contributed by atoms with Gasteiger partial charge in [-0.1, -0.05) is 6.92 Å². The zero-order valence-electron chi connectivity index (χ0n) is 15.7. The van der Waals surface area contributed by atoms with Crippen LogP contribution in [0.25, 0.3) is 0 Å². The van der Waals surface area contributed by atoms with E-state index in [0.717, 1.165) is 64.1 Å². The molecule has 0 bridgehead atoms. The molecule has 2 heterocycles. The molecule has 0 spiro atoms. The lowest BCUT2D eigenvalue weighted by Gasteiger charge is -2.45. The molecule has 3 aliphatic rings. The Balaban J connectivity index is 0.00000156. The summed E-state index contributed by atoms with van der Waals surface area (Å²) in [6.07, 6.45) is 6.99. The molecule has 5 nitrogen and oxygen atoms in total. The van der Waals surface area contributed by atoms with Gasteiger partial charge in [0.2, 0.25) is 0 Å². The van der Waals surface area contributed by atoms with Crippen molar-refractivity contribution < 1.29 is 9.53 Å². The van der Waals surface area contributed by atoms with E-state index in [1.165, 1.54) is 25.7 Å². The van der Waals surface area contributed by atoms with Gasteiger partial charge in [-0.2, -0.15) is 0 Å². The summed E-state index contributed by atoms with van der Waals surface area (Å²) in [5, 5.41) is 3.33. The number of hydrogen-bond acceptors (Lipinski definition) is 4. The molecule has 0 aromatic rings. The molecule has 2 aliphatic heterocycles. The first-order valence-electron chi connectivity index (χ1n) is 9.44. The summed E-state index contributed by atoms with van der Waals surface area (Å²) >= 11 is 0. The van der Waals surface area contributed by atoms with Gasteiger partial charge in [-0.05, 0) is 57.5 Å². The third kappa shape index (κ3) is 5.23. The standard InChI is InChI=1S/C18H33N3O2.2ClH/c1-15-3-5-16(6-4-15)20-11-13-21(14-12-20)17(22)18(23-2)7-9-19-10-8-18;;/h15-16,19H,3-14H2,1-2H3;2*1H. The number of nitrogens with zero attached hydrogens (tertiary/aromatic N) is 2. The minimum Gasteiger partial charge on any atom is -0.368 e. The van der Waals surface area contributed by atoms with Crippen molar-refractivity contribution in [2.75, 3.05) is 46.4 Å². The van der Waals surface area contributed by atoms with Crippen molar-refractivity contribution in [3.8, 4) is 0 Å². The van der Waals surface area contributed by atoms with Crippen molar-refractivity contribution in [3.05, 3.63) is 0 Å². The zero-order chi connectivity index (χ0) is 16.3. The molecular weight excluding hydrogens is 361 g/mol. The number of methoxy groups -OCH3 is 1. The van der Waals surface area contributed by atoms with Crippen molar-refractivity contribution in [3.63, 3.8) is 0 Å². The van der Waals surface area contributed by atoms with Crippen molar-refractivity contribution in [1.82, 2.24) is 15.1 Å². The minimum atomic E-state index is -0.576. The molecule has 3 fully saturated rings. The molecule has 1 N–H and O–H groups in total. The second kappa shape index (κ2) is 10.3. The highest BCUT2D eigenvalue weighted by molar-refractivity contribution is 5.86. The Morgan fingerprint density at radius 3 is 2.08 bits per heavy atom. The molecule has 3 rings (SSSR count). The predicted octanol–water partition coefficient (Wildman–Crippen LogP) is 2.32. The molecule has 0 aromatic carbocycles. The third-order valence-corrected chi connectivity index (χ3v) is 6.29. The summed E-state index contributed by atoms with van der Waals surface area (Å²) in [6.45, 7) is 7.91. The normalized spacial score (nSPS) is 30.1. The fourth-order valence-electron chi connectivity index (χ4n) is 4.52. The van der Waals surface area contributed by atoms with Crippen LogP contribution in [0, 0.1) is 5.92 Å². The first-order chi connectivity index (χ1) is 11.1. The van der Waals surface area contributed by atoms with Gasteiger partial charge in [0.25, 0.3) is 5.91 Å². The molecule has 0 radical (unpaired) electrons. The van der Waals surface area contributed by atoms with E-state index in [2.05, 4.69) is 22.0 Å². The topological polar surface area (TPSA) is 44.8 Å². The Kier molecular flexibility index (Phi) is 9.47. The van der Waals surface area contributed by atoms with Gasteiger partial charge in [-0.25, -0.2) is 0 Å². The molecule has 7 heteroatoms. The van der Waals surface area contributed by atoms with Crippen molar-refractivity contribution in [1.29, 1.82) is 0 Å². The fourth-order valence-corrected chi connectivity index (χ4v) is 4.52. The Morgan fingerprint density at radius 2 is 1.56 bits per heavy atom. The van der Waals surface area contributed by atoms with Crippen LogP contribution in [0.1, 0.15) is 45.4 Å². The number of amides is 1. The average molecular weight is 396 g/mol. The average Bonchev–Trinajstić information content (AvgIpc) is 2.62. The Morgan fingerprint density at radius 1 is 1.00 bits per heavy atom. The van der Waals surface area contributed by atoms with E-state index in [0.29, 0.717) is 0 Å². The van der Waals surface area contributed by atoms with Gasteiger partial charge in [-0.15, -0.1) is 24.8 Å². The van der Waals surface area contributed by atoms with Gasteiger partial charge in [0.05, 0.1) is 0 Å². The zero-order valence-corrected chi connectivity index (χ0v) is 17.3. The van der Waals surface area contributed by atoms with E-state index >= 15 is 0 Å². The summed E-state index contributed by atoms with van der Waals surface area (Å²) in [7, 11) is 1.70. The van der Waals surface area contributed by atoms with Crippen LogP contribution in [0.15, 0.2) is 0 Å². The molecule has 148 valence electrons. The number of nitrogens with one attached hydrogen (secondary N) is 1. The SMILES string of the molecule is COC1(C(=O)N2CCN(C3CCC(C)CC3)CC2)CCNCC1.Cl.Cl. The summed E-state index contributed by atoms with van der Waals surface area (Å²) in [5.41, 5.74) is -0.576. The molecule has 2 saturated heterocycles. The maximum absolute atomic E-state index is 13.0. The first-order valence-corrected chi connectivity index (χ1v) is 9.44. The smallest absolute Gasteiger partial charge is 0.254 e. The van der Waals surface area contributed by atoms with Gasteiger partial charge in [-0.3, -0.25) is 9.69 Å². The number of piperazine rings is 1. The lowest BCUT2D eigenvalue weighted by Crippen LogP contribution is -2.60. The van der Waals surface area contributed by atoms with Crippen molar-refractivity contribution >= 4 is 30.7 Å². The quantitative estimate of drug-likeness (QED) is 0.796. The number of piperidine rings is 1. The highest BCUT2D eigenvalue weighted by Gasteiger charge is 2.43. The maximum atomic E-state index is 13.0. The van der Waals surface area contributed by atoms with Crippen LogP contribution in [-0.2, 0) is 9.53 Å². The Bertz CT molecular complexity index is 403. The molecular formula is C18H35Cl2N3O2. The number of rotatable bonds is 3. The van der Waals surface area contributed by atoms with Gasteiger partial charge >= 0.3 is 0 Å². The van der Waals surface area contributed by atoms with E-state index in [1.807, 2.05) is 0 Å². The lowest BCUT2D eigenvalue weighted by atomic mass is 9.86. The number of halogens is 2. The molecule has 1 aliphatic carbocycles. The number of carbonyl (C=O) groups is 1. The van der Waals surface area contributed by atoms with Crippen LogP contribution < -0.4 is 5.32 Å². The van der Waals surface area contributed by atoms with Crippen LogP contribution in [-0.4, -0.2) is 73.7 Å². The highest BCUT2D eigenvalue weighted by atomic mass is 35.5. The summed E-state index contributed by atoms with van der Waals surface area (Å²) in [4.78, 5) is 17.7. The minimum absolute atomic E-state index is 0. The van der Waals surface area contributed by atoms with Crippen LogP contribution in [0.4, 0.5) is 0 Å². The predicted molar refractivity (Wildman–Crippen MR) is 106 cm³/mol. The van der Waals surface area contributed by atoms with E-state index in [1.54, 1.807) is 7.11 Å². The van der Waals surface area contributed by atoms with Crippen molar-refractivity contribution in [2.45, 2.75) is 57.1 Å². The first kappa shape index (κ1) is 23.0. The maximum Gasteiger partial charge on any atom is 0.254 e. The highest BCUT2D eigenvalue weighted by Crippen LogP contribution is 2.29. The second-order valence-electron chi connectivity index (χ2n) is 7.69. The Labute approximate surface area is 165 Å². The number of ether oxygens (including phenoxy) is 1. The Hall–Kier alpha value is -0.0700. The number of hydrogen-bond donors (Lipinski definition) is 1. The molecule has 1 saturated carbocycles. The van der Waals surface area contributed by atoms with E-state index in [9.17, 15) is 4.79 Å². The van der Waals surface area contributed by atoms with Gasteiger partial charge in [0, 0.05) is 39.3 Å². The third-order valence-electron chi connectivity index (χ3n) is 6.29. The summed E-state index contributed by atoms with van der Waals surface area (Å²) in [5.74, 6) is 1.12. The largest absolute Gasteiger partial charge is 0.368 e. The number of carbonyl (C=O) groups excluding carboxylic acids is 1. The van der Waals surface area contributed by atoms with Gasteiger partial charge < -0.3 is 15.0 Å². The van der Waals surface area contributed by atoms with Crippen LogP contribution >= 0.6 is 24.8 Å². The van der Waals surface area contributed by atoms with Crippen molar-refractivity contribution in [2.24, 2.45) is 5.92 Å². The van der Waals surface area contributed by atoms with Crippen LogP contribution in [0.3, 0.4) is 0 Å². The van der Waals surface area contributed by atoms with E-state index in [4.69, 9.17) is 4.74 Å². The summed E-state index contributed by atoms with van der Waals surface area (Å²) < 4.78 is 5.70. The van der Waals surface area contributed by atoms with Crippen LogP contribution in [0.2, 0.25) is 0 Å². The molecule has 0 unspecified atom stereocenters. The van der Waals surface area contributed by atoms with E-state index in [-0.39, 0.29) is 30.7 Å². The molecule has 25 heavy (non-hydrogen) atoms. The van der Waals surface area contributed by atoms with Crippen LogP contribution in [0.5, 0.6) is 0 Å². The molecule has 1 amide bonds. The second-order valence-corrected chi connectivity index (χ2v) is 7.69. The molecule has 0 aromatic heterocycles. The molecule has 0 atom stereocenters. The monoisotopic (exact) mass is 395 g/mol.